The van der Waals surface area contributed by atoms with Crippen molar-refractivity contribution in [2.45, 2.75) is 25.0 Å². The van der Waals surface area contributed by atoms with Gasteiger partial charge in [0.05, 0.1) is 17.8 Å². The molecule has 4 heteroatoms. The summed E-state index contributed by atoms with van der Waals surface area (Å²) in [5.74, 6) is 0.919. The number of hydrogen-bond acceptors (Lipinski definition) is 3. The molecule has 19 heavy (non-hydrogen) atoms. The molecule has 1 aliphatic rings. The number of aromatic nitrogens is 1. The third kappa shape index (κ3) is 3.14. The number of hydrogen-bond donors (Lipinski definition) is 1. The molecule has 0 bridgehead atoms. The molecule has 2 N–H and O–H groups in total. The molecule has 0 amide bonds. The number of benzene rings is 1. The number of nitrogens with zero attached hydrogens (tertiary/aromatic N) is 1. The van der Waals surface area contributed by atoms with E-state index in [-0.39, 0.29) is 6.04 Å². The Kier molecular flexibility index (Phi) is 3.53. The lowest BCUT2D eigenvalue weighted by Crippen LogP contribution is -2.13. The van der Waals surface area contributed by atoms with Crippen LogP contribution in [0.1, 0.15) is 30.1 Å². The molecule has 2 aromatic rings. The van der Waals surface area contributed by atoms with Crippen molar-refractivity contribution < 1.29 is 4.74 Å². The van der Waals surface area contributed by atoms with Gasteiger partial charge in [0.15, 0.2) is 0 Å². The summed E-state index contributed by atoms with van der Waals surface area (Å²) in [5.41, 5.74) is 8.11. The topological polar surface area (TPSA) is 48.1 Å². The molecule has 1 atom stereocenters. The minimum absolute atomic E-state index is 0.205. The predicted molar refractivity (Wildman–Crippen MR) is 78.1 cm³/mol. The van der Waals surface area contributed by atoms with Crippen LogP contribution in [0.4, 0.5) is 0 Å². The highest BCUT2D eigenvalue weighted by atomic mass is 79.9. The Hall–Kier alpha value is -1.39. The zero-order chi connectivity index (χ0) is 13.2. The summed E-state index contributed by atoms with van der Waals surface area (Å²) in [6, 6.07) is 11.6. The second-order valence-corrected chi connectivity index (χ2v) is 5.68. The van der Waals surface area contributed by atoms with Gasteiger partial charge in [-0.3, -0.25) is 4.98 Å². The molecule has 0 radical (unpaired) electrons. The molecule has 0 aliphatic heterocycles. The van der Waals surface area contributed by atoms with Crippen molar-refractivity contribution in [1.29, 1.82) is 0 Å². The highest BCUT2D eigenvalue weighted by Crippen LogP contribution is 2.28. The van der Waals surface area contributed by atoms with Crippen LogP contribution in [0.5, 0.6) is 5.75 Å². The van der Waals surface area contributed by atoms with Crippen LogP contribution in [0.3, 0.4) is 0 Å². The van der Waals surface area contributed by atoms with Gasteiger partial charge >= 0.3 is 0 Å². The lowest BCUT2D eigenvalue weighted by molar-refractivity contribution is 0.303. The Morgan fingerprint density at radius 2 is 1.89 bits per heavy atom. The first kappa shape index (κ1) is 12.6. The van der Waals surface area contributed by atoms with E-state index in [9.17, 15) is 0 Å². The molecule has 0 saturated heterocycles. The SMILES string of the molecule is NC(c1ccc(OC2CC2)cc1)c1ccc(Br)cn1. The standard InChI is InChI=1S/C15H15BrN2O/c16-11-3-8-14(18-9-11)15(17)10-1-4-12(5-2-10)19-13-6-7-13/h1-5,8-9,13,15H,6-7,17H2. The number of nitrogens with two attached hydrogens (primary N) is 1. The Balaban J connectivity index is 1.75. The van der Waals surface area contributed by atoms with Gasteiger partial charge < -0.3 is 10.5 Å². The summed E-state index contributed by atoms with van der Waals surface area (Å²) in [6.07, 6.45) is 4.53. The minimum Gasteiger partial charge on any atom is -0.490 e. The van der Waals surface area contributed by atoms with Crippen LogP contribution >= 0.6 is 15.9 Å². The van der Waals surface area contributed by atoms with Crippen LogP contribution in [-0.2, 0) is 0 Å². The monoisotopic (exact) mass is 318 g/mol. The fraction of sp³-hybridized carbons (Fsp3) is 0.267. The van der Waals surface area contributed by atoms with Crippen molar-refractivity contribution in [1.82, 2.24) is 4.98 Å². The second kappa shape index (κ2) is 5.31. The van der Waals surface area contributed by atoms with E-state index in [1.54, 1.807) is 6.20 Å². The summed E-state index contributed by atoms with van der Waals surface area (Å²) in [6.45, 7) is 0. The fourth-order valence-corrected chi connectivity index (χ4v) is 2.11. The van der Waals surface area contributed by atoms with E-state index >= 15 is 0 Å². The predicted octanol–water partition coefficient (Wildman–Crippen LogP) is 3.43. The van der Waals surface area contributed by atoms with Gasteiger partial charge in [-0.15, -0.1) is 0 Å². The average molecular weight is 319 g/mol. The lowest BCUT2D eigenvalue weighted by Gasteiger charge is -2.12. The number of pyridine rings is 1. The van der Waals surface area contributed by atoms with Crippen molar-refractivity contribution in [2.75, 3.05) is 0 Å². The van der Waals surface area contributed by atoms with Gasteiger partial charge in [-0.25, -0.2) is 0 Å². The first-order valence-electron chi connectivity index (χ1n) is 6.36. The van der Waals surface area contributed by atoms with E-state index in [1.165, 1.54) is 12.8 Å². The van der Waals surface area contributed by atoms with Gasteiger partial charge in [0.25, 0.3) is 0 Å². The minimum atomic E-state index is -0.205. The van der Waals surface area contributed by atoms with Crippen LogP contribution in [-0.4, -0.2) is 11.1 Å². The van der Waals surface area contributed by atoms with Crippen molar-refractivity contribution in [2.24, 2.45) is 5.73 Å². The Morgan fingerprint density at radius 3 is 2.47 bits per heavy atom. The molecule has 1 saturated carbocycles. The average Bonchev–Trinajstić information content (AvgIpc) is 3.24. The first-order valence-corrected chi connectivity index (χ1v) is 7.15. The zero-order valence-corrected chi connectivity index (χ0v) is 12.0. The van der Waals surface area contributed by atoms with Crippen molar-refractivity contribution >= 4 is 15.9 Å². The molecule has 1 unspecified atom stereocenters. The van der Waals surface area contributed by atoms with E-state index < -0.39 is 0 Å². The highest BCUT2D eigenvalue weighted by Gasteiger charge is 2.23. The van der Waals surface area contributed by atoms with Crippen molar-refractivity contribution in [3.63, 3.8) is 0 Å². The zero-order valence-electron chi connectivity index (χ0n) is 10.4. The lowest BCUT2D eigenvalue weighted by atomic mass is 10.0. The number of rotatable bonds is 4. The van der Waals surface area contributed by atoms with Crippen LogP contribution in [0.2, 0.25) is 0 Å². The van der Waals surface area contributed by atoms with E-state index in [0.29, 0.717) is 6.10 Å². The molecule has 1 aromatic carbocycles. The molecule has 0 spiro atoms. The summed E-state index contributed by atoms with van der Waals surface area (Å²) < 4.78 is 6.67. The van der Waals surface area contributed by atoms with E-state index in [4.69, 9.17) is 10.5 Å². The molecule has 1 fully saturated rings. The molecule has 3 rings (SSSR count). The highest BCUT2D eigenvalue weighted by molar-refractivity contribution is 9.10. The quantitative estimate of drug-likeness (QED) is 0.939. The summed E-state index contributed by atoms with van der Waals surface area (Å²) >= 11 is 3.37. The van der Waals surface area contributed by atoms with E-state index in [2.05, 4.69) is 20.9 Å². The summed E-state index contributed by atoms with van der Waals surface area (Å²) in [4.78, 5) is 4.33. The Labute approximate surface area is 120 Å². The maximum Gasteiger partial charge on any atom is 0.119 e. The largest absolute Gasteiger partial charge is 0.490 e. The second-order valence-electron chi connectivity index (χ2n) is 4.77. The van der Waals surface area contributed by atoms with Crippen molar-refractivity contribution in [3.05, 3.63) is 58.3 Å². The third-order valence-electron chi connectivity index (χ3n) is 3.14. The third-order valence-corrected chi connectivity index (χ3v) is 3.60. The molecule has 98 valence electrons. The Bertz CT molecular complexity index is 549. The van der Waals surface area contributed by atoms with Crippen LogP contribution in [0.15, 0.2) is 47.1 Å². The van der Waals surface area contributed by atoms with Gasteiger partial charge in [0.2, 0.25) is 0 Å². The van der Waals surface area contributed by atoms with Gasteiger partial charge in [-0.1, -0.05) is 12.1 Å². The van der Waals surface area contributed by atoms with Gasteiger partial charge in [-0.05, 0) is 58.6 Å². The van der Waals surface area contributed by atoms with E-state index in [0.717, 1.165) is 21.5 Å². The van der Waals surface area contributed by atoms with Gasteiger partial charge in [-0.2, -0.15) is 0 Å². The number of ether oxygens (including phenoxy) is 1. The van der Waals surface area contributed by atoms with Crippen molar-refractivity contribution in [3.8, 4) is 5.75 Å². The van der Waals surface area contributed by atoms with E-state index in [1.807, 2.05) is 36.4 Å². The summed E-state index contributed by atoms with van der Waals surface area (Å²) in [7, 11) is 0. The molecular weight excluding hydrogens is 304 g/mol. The fourth-order valence-electron chi connectivity index (χ4n) is 1.87. The molecule has 1 aliphatic carbocycles. The molecule has 3 nitrogen and oxygen atoms in total. The molecule has 1 aromatic heterocycles. The maximum atomic E-state index is 6.21. The molecular formula is C15H15BrN2O. The molecule has 1 heterocycles. The first-order chi connectivity index (χ1) is 9.22. The maximum absolute atomic E-state index is 6.21. The van der Waals surface area contributed by atoms with Gasteiger partial charge in [0.1, 0.15) is 5.75 Å². The summed E-state index contributed by atoms with van der Waals surface area (Å²) in [5, 5.41) is 0. The normalized spacial score (nSPS) is 16.1. The smallest absolute Gasteiger partial charge is 0.119 e. The van der Waals surface area contributed by atoms with Crippen LogP contribution in [0.25, 0.3) is 0 Å². The number of halogens is 1. The van der Waals surface area contributed by atoms with Crippen LogP contribution < -0.4 is 10.5 Å². The van der Waals surface area contributed by atoms with Crippen LogP contribution in [0, 0.1) is 0 Å². The van der Waals surface area contributed by atoms with Gasteiger partial charge in [0, 0.05) is 10.7 Å². The Morgan fingerprint density at radius 1 is 1.16 bits per heavy atom.